The molecule has 1 aliphatic heterocycles. The Kier molecular flexibility index (Phi) is 10.5. The summed E-state index contributed by atoms with van der Waals surface area (Å²) in [4.78, 5) is 27.6. The lowest BCUT2D eigenvalue weighted by Gasteiger charge is -2.26. The summed E-state index contributed by atoms with van der Waals surface area (Å²) >= 11 is 0. The number of carboxylic acids is 1. The number of carboxylic acid groups (broad SMARTS) is 1. The van der Waals surface area contributed by atoms with Gasteiger partial charge in [0.05, 0.1) is 19.1 Å². The highest BCUT2D eigenvalue weighted by Crippen LogP contribution is 2.21. The lowest BCUT2D eigenvalue weighted by atomic mass is 9.96. The average molecular weight is 412 g/mol. The van der Waals surface area contributed by atoms with Crippen molar-refractivity contribution in [3.63, 3.8) is 0 Å². The highest BCUT2D eigenvalue weighted by atomic mass is 35.5. The molecule has 1 amide bonds. The maximum atomic E-state index is 12.6. The molecule has 1 aromatic rings. The van der Waals surface area contributed by atoms with Crippen molar-refractivity contribution in [1.29, 1.82) is 0 Å². The van der Waals surface area contributed by atoms with Crippen molar-refractivity contribution >= 4 is 24.3 Å². The molecule has 0 saturated carbocycles. The van der Waals surface area contributed by atoms with E-state index in [4.69, 9.17) is 5.11 Å². The van der Waals surface area contributed by atoms with Gasteiger partial charge in [-0.25, -0.2) is 0 Å². The number of halogens is 1. The van der Waals surface area contributed by atoms with Gasteiger partial charge in [0.2, 0.25) is 5.91 Å². The quantitative estimate of drug-likeness (QED) is 0.688. The lowest BCUT2D eigenvalue weighted by molar-refractivity contribution is -0.138. The molecule has 0 aliphatic carbocycles. The molecule has 0 bridgehead atoms. The van der Waals surface area contributed by atoms with E-state index in [1.807, 2.05) is 30.1 Å². The topological polar surface area (TPSA) is 72.9 Å². The van der Waals surface area contributed by atoms with E-state index in [9.17, 15) is 9.59 Å². The van der Waals surface area contributed by atoms with Crippen molar-refractivity contribution in [1.82, 2.24) is 15.1 Å². The number of hydrogen-bond acceptors (Lipinski definition) is 4. The van der Waals surface area contributed by atoms with Gasteiger partial charge in [-0.2, -0.15) is 0 Å². The van der Waals surface area contributed by atoms with Crippen molar-refractivity contribution in [2.75, 3.05) is 33.2 Å². The minimum absolute atomic E-state index is 0. The van der Waals surface area contributed by atoms with Gasteiger partial charge in [-0.1, -0.05) is 44.2 Å². The first-order valence-corrected chi connectivity index (χ1v) is 9.85. The number of benzene rings is 1. The summed E-state index contributed by atoms with van der Waals surface area (Å²) in [7, 11) is 1.87. The summed E-state index contributed by atoms with van der Waals surface area (Å²) < 4.78 is 0. The summed E-state index contributed by atoms with van der Waals surface area (Å²) in [6.45, 7) is 6.39. The zero-order valence-electron chi connectivity index (χ0n) is 17.1. The molecule has 7 heteroatoms. The second-order valence-corrected chi connectivity index (χ2v) is 7.87. The molecule has 2 atom stereocenters. The van der Waals surface area contributed by atoms with Gasteiger partial charge in [0.1, 0.15) is 0 Å². The molecule has 2 rings (SSSR count). The average Bonchev–Trinajstić information content (AvgIpc) is 2.85. The molecular formula is C21H34ClN3O3. The Balaban J connectivity index is 0.00000392. The van der Waals surface area contributed by atoms with Crippen molar-refractivity contribution in [2.45, 2.75) is 45.2 Å². The van der Waals surface area contributed by atoms with Gasteiger partial charge < -0.3 is 10.4 Å². The molecule has 1 saturated heterocycles. The number of nitrogens with one attached hydrogen (secondary N) is 1. The van der Waals surface area contributed by atoms with Crippen LogP contribution in [0.5, 0.6) is 0 Å². The van der Waals surface area contributed by atoms with Crippen LogP contribution in [0.1, 0.15) is 44.7 Å². The fraction of sp³-hybridized carbons (Fsp3) is 0.619. The second kappa shape index (κ2) is 12.0. The van der Waals surface area contributed by atoms with E-state index < -0.39 is 5.97 Å². The Morgan fingerprint density at radius 3 is 2.50 bits per heavy atom. The standard InChI is InChI=1S/C21H33N3O3.ClH/c1-16(2)21(17-8-5-4-6-9-17)22-19(25)14-24-12-7-10-18(11-13-24)23(3)15-20(26)27;/h4-6,8-9,16,18,21H,7,10-15H2,1-3H3,(H,22,25)(H,26,27);1H. The molecule has 0 radical (unpaired) electrons. The summed E-state index contributed by atoms with van der Waals surface area (Å²) in [6.07, 6.45) is 2.85. The normalized spacial score (nSPS) is 19.0. The number of likely N-dealkylation sites (N-methyl/N-ethyl adjacent to an activating group) is 1. The Labute approximate surface area is 174 Å². The van der Waals surface area contributed by atoms with Crippen molar-refractivity contribution < 1.29 is 14.7 Å². The van der Waals surface area contributed by atoms with Crippen molar-refractivity contribution in [3.8, 4) is 0 Å². The van der Waals surface area contributed by atoms with Crippen LogP contribution in [0.4, 0.5) is 0 Å². The zero-order chi connectivity index (χ0) is 19.8. The van der Waals surface area contributed by atoms with Crippen LogP contribution in [0.25, 0.3) is 0 Å². The highest BCUT2D eigenvalue weighted by Gasteiger charge is 2.24. The fourth-order valence-corrected chi connectivity index (χ4v) is 3.80. The van der Waals surface area contributed by atoms with E-state index in [1.165, 1.54) is 0 Å². The summed E-state index contributed by atoms with van der Waals surface area (Å²) in [5.41, 5.74) is 1.13. The van der Waals surface area contributed by atoms with Crippen molar-refractivity contribution in [3.05, 3.63) is 35.9 Å². The van der Waals surface area contributed by atoms with Gasteiger partial charge >= 0.3 is 5.97 Å². The number of likely N-dealkylation sites (tertiary alicyclic amines) is 1. The molecule has 0 aromatic heterocycles. The van der Waals surface area contributed by atoms with Crippen LogP contribution in [-0.4, -0.2) is 66.1 Å². The molecule has 28 heavy (non-hydrogen) atoms. The van der Waals surface area contributed by atoms with Gasteiger partial charge in [-0.3, -0.25) is 19.4 Å². The van der Waals surface area contributed by atoms with E-state index in [-0.39, 0.29) is 36.9 Å². The van der Waals surface area contributed by atoms with E-state index in [0.29, 0.717) is 12.5 Å². The van der Waals surface area contributed by atoms with Gasteiger partial charge in [-0.15, -0.1) is 12.4 Å². The third-order valence-corrected chi connectivity index (χ3v) is 5.31. The zero-order valence-corrected chi connectivity index (χ0v) is 18.0. The largest absolute Gasteiger partial charge is 0.480 e. The Hall–Kier alpha value is -1.63. The molecule has 2 unspecified atom stereocenters. The number of nitrogens with zero attached hydrogens (tertiary/aromatic N) is 2. The third kappa shape index (κ3) is 7.78. The number of amides is 1. The third-order valence-electron chi connectivity index (χ3n) is 5.31. The Morgan fingerprint density at radius 1 is 1.21 bits per heavy atom. The SMILES string of the molecule is CC(C)C(NC(=O)CN1CCCC(N(C)CC(=O)O)CC1)c1ccccc1.Cl. The number of carbonyl (C=O) groups is 2. The fourth-order valence-electron chi connectivity index (χ4n) is 3.80. The van der Waals surface area contributed by atoms with Crippen LogP contribution in [0.2, 0.25) is 0 Å². The molecule has 1 aromatic carbocycles. The Morgan fingerprint density at radius 2 is 1.89 bits per heavy atom. The minimum Gasteiger partial charge on any atom is -0.480 e. The molecule has 1 fully saturated rings. The van der Waals surface area contributed by atoms with Crippen LogP contribution in [-0.2, 0) is 9.59 Å². The molecule has 6 nitrogen and oxygen atoms in total. The van der Waals surface area contributed by atoms with E-state index >= 15 is 0 Å². The van der Waals surface area contributed by atoms with Gasteiger partial charge in [0, 0.05) is 12.6 Å². The van der Waals surface area contributed by atoms with Gasteiger partial charge in [0.15, 0.2) is 0 Å². The maximum Gasteiger partial charge on any atom is 0.317 e. The first kappa shape index (κ1) is 24.4. The number of aliphatic carboxylic acids is 1. The lowest BCUT2D eigenvalue weighted by Crippen LogP contribution is -2.41. The van der Waals surface area contributed by atoms with Crippen LogP contribution < -0.4 is 5.32 Å². The van der Waals surface area contributed by atoms with E-state index in [1.54, 1.807) is 0 Å². The van der Waals surface area contributed by atoms with E-state index in [2.05, 4.69) is 36.2 Å². The molecule has 1 heterocycles. The number of rotatable bonds is 8. The number of hydrogen-bond donors (Lipinski definition) is 2. The van der Waals surface area contributed by atoms with Crippen LogP contribution in [0.15, 0.2) is 30.3 Å². The molecule has 0 spiro atoms. The maximum absolute atomic E-state index is 12.6. The van der Waals surface area contributed by atoms with Gasteiger partial charge in [0.25, 0.3) is 0 Å². The molecule has 2 N–H and O–H groups in total. The van der Waals surface area contributed by atoms with E-state index in [0.717, 1.165) is 37.9 Å². The monoisotopic (exact) mass is 411 g/mol. The number of carbonyl (C=O) groups excluding carboxylic acids is 1. The highest BCUT2D eigenvalue weighted by molar-refractivity contribution is 5.85. The van der Waals surface area contributed by atoms with Crippen LogP contribution in [0.3, 0.4) is 0 Å². The Bertz CT molecular complexity index is 612. The van der Waals surface area contributed by atoms with Crippen LogP contribution in [0, 0.1) is 5.92 Å². The molecule has 158 valence electrons. The minimum atomic E-state index is -0.793. The summed E-state index contributed by atoms with van der Waals surface area (Å²) in [5, 5.41) is 12.2. The molecular weight excluding hydrogens is 378 g/mol. The van der Waals surface area contributed by atoms with Crippen molar-refractivity contribution in [2.24, 2.45) is 5.92 Å². The molecule has 1 aliphatic rings. The summed E-state index contributed by atoms with van der Waals surface area (Å²) in [5.74, 6) is -0.428. The smallest absolute Gasteiger partial charge is 0.317 e. The predicted molar refractivity (Wildman–Crippen MR) is 114 cm³/mol. The first-order chi connectivity index (χ1) is 12.9. The van der Waals surface area contributed by atoms with Gasteiger partial charge in [-0.05, 0) is 44.3 Å². The second-order valence-electron chi connectivity index (χ2n) is 7.87. The predicted octanol–water partition coefficient (Wildman–Crippen LogP) is 2.79. The van der Waals surface area contributed by atoms with Crippen LogP contribution >= 0.6 is 12.4 Å². The summed E-state index contributed by atoms with van der Waals surface area (Å²) in [6, 6.07) is 10.4. The first-order valence-electron chi connectivity index (χ1n) is 9.85.